The number of H-pyrrole nitrogens is 1. The van der Waals surface area contributed by atoms with Crippen molar-refractivity contribution in [2.24, 2.45) is 5.10 Å². The lowest BCUT2D eigenvalue weighted by atomic mass is 10.2. The van der Waals surface area contributed by atoms with Crippen molar-refractivity contribution in [1.29, 1.82) is 0 Å². The summed E-state index contributed by atoms with van der Waals surface area (Å²) in [7, 11) is 1.61. The van der Waals surface area contributed by atoms with Crippen LogP contribution in [0.4, 0.5) is 5.95 Å². The maximum Gasteiger partial charge on any atom is 0.265 e. The van der Waals surface area contributed by atoms with E-state index in [4.69, 9.17) is 9.47 Å². The van der Waals surface area contributed by atoms with E-state index in [9.17, 15) is 0 Å². The fourth-order valence-electron chi connectivity index (χ4n) is 2.85. The van der Waals surface area contributed by atoms with Gasteiger partial charge in [-0.25, -0.2) is 5.43 Å². The van der Waals surface area contributed by atoms with Crippen molar-refractivity contribution in [2.75, 3.05) is 12.5 Å². The summed E-state index contributed by atoms with van der Waals surface area (Å²) in [5, 5.41) is 13.5. The molecular weight excluding hydrogens is 356 g/mol. The summed E-state index contributed by atoms with van der Waals surface area (Å²) in [4.78, 5) is 7.65. The minimum Gasteiger partial charge on any atom is -0.493 e. The van der Waals surface area contributed by atoms with Gasteiger partial charge in [-0.15, -0.1) is 10.2 Å². The number of hydrogen-bond donors (Lipinski definition) is 2. The summed E-state index contributed by atoms with van der Waals surface area (Å²) in [5.41, 5.74) is 6.01. The summed E-state index contributed by atoms with van der Waals surface area (Å²) in [6.45, 7) is 3.94. The summed E-state index contributed by atoms with van der Waals surface area (Å²) >= 11 is 0. The Kier molecular flexibility index (Phi) is 4.76. The predicted octanol–water partition coefficient (Wildman–Crippen LogP) is 3.75. The van der Waals surface area contributed by atoms with Crippen LogP contribution in [0.15, 0.2) is 47.6 Å². The van der Waals surface area contributed by atoms with Crippen molar-refractivity contribution in [3.63, 3.8) is 0 Å². The molecule has 4 aromatic rings. The summed E-state index contributed by atoms with van der Waals surface area (Å²) in [6.07, 6.45) is 1.72. The lowest BCUT2D eigenvalue weighted by Gasteiger charge is -2.13. The Balaban J connectivity index is 1.52. The van der Waals surface area contributed by atoms with Crippen LogP contribution in [0.2, 0.25) is 0 Å². The Morgan fingerprint density at radius 2 is 1.96 bits per heavy atom. The van der Waals surface area contributed by atoms with Crippen molar-refractivity contribution < 1.29 is 9.47 Å². The Labute approximate surface area is 161 Å². The van der Waals surface area contributed by atoms with Gasteiger partial charge >= 0.3 is 0 Å². The van der Waals surface area contributed by atoms with Crippen LogP contribution in [-0.4, -0.2) is 39.6 Å². The van der Waals surface area contributed by atoms with E-state index in [0.29, 0.717) is 23.1 Å². The van der Waals surface area contributed by atoms with Crippen molar-refractivity contribution in [3.05, 3.63) is 48.0 Å². The summed E-state index contributed by atoms with van der Waals surface area (Å²) < 4.78 is 11.1. The highest BCUT2D eigenvalue weighted by molar-refractivity contribution is 6.03. The molecule has 0 aliphatic carbocycles. The van der Waals surface area contributed by atoms with Crippen LogP contribution in [0, 0.1) is 0 Å². The normalized spacial score (nSPS) is 11.6. The Bertz CT molecular complexity index is 1150. The first-order valence-electron chi connectivity index (χ1n) is 8.89. The second-order valence-corrected chi connectivity index (χ2v) is 6.45. The molecular formula is C20H20N6O2. The molecule has 2 heterocycles. The first kappa shape index (κ1) is 17.7. The van der Waals surface area contributed by atoms with Gasteiger partial charge in [0.15, 0.2) is 17.1 Å². The number of rotatable bonds is 6. The van der Waals surface area contributed by atoms with Crippen LogP contribution in [0.3, 0.4) is 0 Å². The van der Waals surface area contributed by atoms with Crippen molar-refractivity contribution in [2.45, 2.75) is 20.0 Å². The summed E-state index contributed by atoms with van der Waals surface area (Å²) in [6, 6.07) is 13.5. The number of benzene rings is 2. The standard InChI is InChI=1S/C20H20N6O2/c1-12(2)28-16-9-8-13(10-17(16)27-3)11-21-25-20-23-19-18(24-26-20)14-6-4-5-7-15(14)22-19/h4-12H,1-3H3,(H2,22,23,25,26)/b21-11-. The van der Waals surface area contributed by atoms with E-state index in [2.05, 4.69) is 30.7 Å². The molecule has 0 atom stereocenters. The minimum atomic E-state index is 0.0688. The number of aromatic amines is 1. The second kappa shape index (κ2) is 7.51. The van der Waals surface area contributed by atoms with E-state index in [1.807, 2.05) is 56.3 Å². The highest BCUT2D eigenvalue weighted by Gasteiger charge is 2.09. The molecule has 8 nitrogen and oxygen atoms in total. The average Bonchev–Trinajstić information content (AvgIpc) is 3.06. The third-order valence-corrected chi connectivity index (χ3v) is 4.05. The lowest BCUT2D eigenvalue weighted by molar-refractivity contribution is 0.230. The van der Waals surface area contributed by atoms with E-state index in [1.165, 1.54) is 0 Å². The number of nitrogens with zero attached hydrogens (tertiary/aromatic N) is 4. The zero-order valence-corrected chi connectivity index (χ0v) is 15.8. The largest absolute Gasteiger partial charge is 0.493 e. The zero-order chi connectivity index (χ0) is 19.5. The maximum atomic E-state index is 5.71. The third kappa shape index (κ3) is 3.57. The quantitative estimate of drug-likeness (QED) is 0.393. The Hall–Kier alpha value is -3.68. The zero-order valence-electron chi connectivity index (χ0n) is 15.8. The number of nitrogens with one attached hydrogen (secondary N) is 2. The number of anilines is 1. The smallest absolute Gasteiger partial charge is 0.265 e. The predicted molar refractivity (Wildman–Crippen MR) is 109 cm³/mol. The van der Waals surface area contributed by atoms with Crippen molar-refractivity contribution in [3.8, 4) is 11.5 Å². The molecule has 0 fully saturated rings. The maximum absolute atomic E-state index is 5.71. The van der Waals surface area contributed by atoms with Gasteiger partial charge in [0, 0.05) is 10.9 Å². The minimum absolute atomic E-state index is 0.0688. The number of ether oxygens (including phenoxy) is 2. The van der Waals surface area contributed by atoms with Crippen molar-refractivity contribution in [1.82, 2.24) is 20.2 Å². The average molecular weight is 376 g/mol. The van der Waals surface area contributed by atoms with Crippen LogP contribution < -0.4 is 14.9 Å². The molecule has 0 saturated carbocycles. The molecule has 2 aromatic heterocycles. The third-order valence-electron chi connectivity index (χ3n) is 4.05. The van der Waals surface area contributed by atoms with E-state index in [-0.39, 0.29) is 6.10 Å². The molecule has 0 aliphatic heterocycles. The van der Waals surface area contributed by atoms with Gasteiger partial charge in [0.05, 0.1) is 19.4 Å². The summed E-state index contributed by atoms with van der Waals surface area (Å²) in [5.74, 6) is 1.65. The highest BCUT2D eigenvalue weighted by atomic mass is 16.5. The fourth-order valence-corrected chi connectivity index (χ4v) is 2.85. The van der Waals surface area contributed by atoms with Crippen LogP contribution >= 0.6 is 0 Å². The van der Waals surface area contributed by atoms with Gasteiger partial charge in [-0.3, -0.25) is 0 Å². The first-order chi connectivity index (χ1) is 13.6. The van der Waals surface area contributed by atoms with Gasteiger partial charge in [0.25, 0.3) is 5.95 Å². The van der Waals surface area contributed by atoms with E-state index in [1.54, 1.807) is 13.3 Å². The number of aromatic nitrogens is 4. The second-order valence-electron chi connectivity index (χ2n) is 6.45. The van der Waals surface area contributed by atoms with Crippen LogP contribution in [0.5, 0.6) is 11.5 Å². The topological polar surface area (TPSA) is 97.3 Å². The van der Waals surface area contributed by atoms with Gasteiger partial charge in [-0.2, -0.15) is 10.1 Å². The molecule has 0 spiro atoms. The molecule has 0 bridgehead atoms. The van der Waals surface area contributed by atoms with E-state index < -0.39 is 0 Å². The molecule has 0 aliphatic rings. The number of para-hydroxylation sites is 1. The molecule has 8 heteroatoms. The molecule has 0 unspecified atom stereocenters. The molecule has 0 amide bonds. The Morgan fingerprint density at radius 1 is 1.11 bits per heavy atom. The van der Waals surface area contributed by atoms with E-state index >= 15 is 0 Å². The van der Waals surface area contributed by atoms with Crippen LogP contribution in [0.25, 0.3) is 22.1 Å². The molecule has 0 saturated heterocycles. The fraction of sp³-hybridized carbons (Fsp3) is 0.200. The SMILES string of the molecule is COc1cc(/C=N\Nc2nnc3c(n2)[nH]c2ccccc23)ccc1OC(C)C. The highest BCUT2D eigenvalue weighted by Crippen LogP contribution is 2.28. The van der Waals surface area contributed by atoms with Gasteiger partial charge < -0.3 is 14.5 Å². The van der Waals surface area contributed by atoms with Gasteiger partial charge in [0.1, 0.15) is 5.52 Å². The molecule has 4 rings (SSSR count). The van der Waals surface area contributed by atoms with Gasteiger partial charge in [-0.1, -0.05) is 18.2 Å². The molecule has 142 valence electrons. The molecule has 28 heavy (non-hydrogen) atoms. The van der Waals surface area contributed by atoms with Crippen molar-refractivity contribution >= 4 is 34.2 Å². The van der Waals surface area contributed by atoms with Gasteiger partial charge in [0.2, 0.25) is 0 Å². The molecule has 2 N–H and O–H groups in total. The van der Waals surface area contributed by atoms with E-state index in [0.717, 1.165) is 22.0 Å². The lowest BCUT2D eigenvalue weighted by Crippen LogP contribution is -2.06. The number of fused-ring (bicyclic) bond motifs is 3. The Morgan fingerprint density at radius 3 is 2.79 bits per heavy atom. The number of hydrazone groups is 1. The number of hydrogen-bond acceptors (Lipinski definition) is 7. The van der Waals surface area contributed by atoms with Crippen LogP contribution in [0.1, 0.15) is 19.4 Å². The molecule has 2 aromatic carbocycles. The van der Waals surface area contributed by atoms with Gasteiger partial charge in [-0.05, 0) is 43.7 Å². The first-order valence-corrected chi connectivity index (χ1v) is 8.89. The monoisotopic (exact) mass is 376 g/mol. The molecule has 0 radical (unpaired) electrons. The van der Waals surface area contributed by atoms with Crippen LogP contribution in [-0.2, 0) is 0 Å². The number of methoxy groups -OCH3 is 1.